The maximum Gasteiger partial charge on any atom is 0.328 e. The van der Waals surface area contributed by atoms with E-state index < -0.39 is 27.9 Å². The molecule has 0 fully saturated rings. The molecule has 1 aromatic carbocycles. The molecule has 1 rings (SSSR count). The number of carboxylic acid groups (broad SMARTS) is 1. The van der Waals surface area contributed by atoms with Crippen LogP contribution in [0.25, 0.3) is 0 Å². The van der Waals surface area contributed by atoms with E-state index in [1.807, 2.05) is 0 Å². The van der Waals surface area contributed by atoms with Gasteiger partial charge in [-0.05, 0) is 17.7 Å². The van der Waals surface area contributed by atoms with Gasteiger partial charge in [0.05, 0.1) is 24.5 Å². The summed E-state index contributed by atoms with van der Waals surface area (Å²) in [7, 11) is -3.55. The van der Waals surface area contributed by atoms with Crippen molar-refractivity contribution in [1.82, 2.24) is 10.0 Å². The van der Waals surface area contributed by atoms with E-state index in [1.165, 1.54) is 30.3 Å². The molecule has 9 heteroatoms. The molecule has 0 heterocycles. The van der Waals surface area contributed by atoms with Crippen LogP contribution in [0.5, 0.6) is 0 Å². The van der Waals surface area contributed by atoms with Crippen LogP contribution in [0.3, 0.4) is 0 Å². The second kappa shape index (κ2) is 9.92. The van der Waals surface area contributed by atoms with E-state index in [2.05, 4.69) is 16.6 Å². The Morgan fingerprint density at radius 3 is 2.48 bits per heavy atom. The number of carboxylic acids is 1. The zero-order valence-corrected chi connectivity index (χ0v) is 14.7. The van der Waals surface area contributed by atoms with Gasteiger partial charge in [-0.15, -0.1) is 6.58 Å². The molecule has 0 spiro atoms. The summed E-state index contributed by atoms with van der Waals surface area (Å²) in [6.45, 7) is 5.41. The average Bonchev–Trinajstić information content (AvgIpc) is 2.54. The normalized spacial score (nSPS) is 12.4. The molecule has 0 bridgehead atoms. The van der Waals surface area contributed by atoms with Crippen molar-refractivity contribution >= 4 is 21.9 Å². The van der Waals surface area contributed by atoms with Gasteiger partial charge < -0.3 is 15.2 Å². The third kappa shape index (κ3) is 7.04. The topological polar surface area (TPSA) is 122 Å². The van der Waals surface area contributed by atoms with Crippen LogP contribution in [0, 0.1) is 0 Å². The first-order chi connectivity index (χ1) is 11.8. The van der Waals surface area contributed by atoms with Gasteiger partial charge in [0.25, 0.3) is 0 Å². The van der Waals surface area contributed by atoms with E-state index in [4.69, 9.17) is 9.84 Å². The van der Waals surface area contributed by atoms with Crippen LogP contribution >= 0.6 is 0 Å². The van der Waals surface area contributed by atoms with Gasteiger partial charge in [0.15, 0.2) is 6.04 Å². The fourth-order valence-corrected chi connectivity index (χ4v) is 2.98. The van der Waals surface area contributed by atoms with Gasteiger partial charge in [0.1, 0.15) is 0 Å². The first kappa shape index (κ1) is 20.8. The zero-order chi connectivity index (χ0) is 18.9. The number of aliphatic carboxylic acids is 1. The van der Waals surface area contributed by atoms with Gasteiger partial charge in [0.2, 0.25) is 15.9 Å². The molecule has 1 unspecified atom stereocenters. The summed E-state index contributed by atoms with van der Waals surface area (Å²) < 4.78 is 31.1. The van der Waals surface area contributed by atoms with Crippen LogP contribution in [0.2, 0.25) is 0 Å². The maximum atomic E-state index is 12.0. The molecule has 138 valence electrons. The fourth-order valence-electron chi connectivity index (χ4n) is 1.93. The van der Waals surface area contributed by atoms with Crippen LogP contribution in [-0.2, 0) is 30.8 Å². The molecule has 0 aromatic heterocycles. The van der Waals surface area contributed by atoms with Crippen LogP contribution in [0.1, 0.15) is 12.5 Å². The number of benzene rings is 1. The number of hydrogen-bond acceptors (Lipinski definition) is 5. The van der Waals surface area contributed by atoms with Crippen LogP contribution in [-0.4, -0.2) is 51.2 Å². The van der Waals surface area contributed by atoms with Gasteiger partial charge in [-0.25, -0.2) is 17.9 Å². The third-order valence-corrected chi connectivity index (χ3v) is 4.65. The molecule has 1 aromatic rings. The van der Waals surface area contributed by atoms with Gasteiger partial charge in [0, 0.05) is 6.54 Å². The number of carbonyl (C=O) groups excluding carboxylic acids is 1. The Balaban J connectivity index is 2.67. The van der Waals surface area contributed by atoms with E-state index in [0.29, 0.717) is 5.56 Å². The van der Waals surface area contributed by atoms with E-state index in [9.17, 15) is 18.0 Å². The first-order valence-corrected chi connectivity index (χ1v) is 9.08. The maximum absolute atomic E-state index is 12.0. The summed E-state index contributed by atoms with van der Waals surface area (Å²) in [6, 6.07) is 4.63. The minimum absolute atomic E-state index is 0.0766. The average molecular weight is 370 g/mol. The van der Waals surface area contributed by atoms with Crippen molar-refractivity contribution in [3.05, 3.63) is 42.5 Å². The lowest BCUT2D eigenvalue weighted by atomic mass is 10.1. The summed E-state index contributed by atoms with van der Waals surface area (Å²) in [4.78, 5) is 23.2. The molecule has 0 aliphatic heterocycles. The van der Waals surface area contributed by atoms with Crippen molar-refractivity contribution in [2.45, 2.75) is 24.3 Å². The molecule has 0 saturated carbocycles. The van der Waals surface area contributed by atoms with Crippen LogP contribution in [0.4, 0.5) is 0 Å². The Morgan fingerprint density at radius 2 is 1.96 bits per heavy atom. The first-order valence-electron chi connectivity index (χ1n) is 7.59. The van der Waals surface area contributed by atoms with Crippen molar-refractivity contribution in [2.75, 3.05) is 19.8 Å². The highest BCUT2D eigenvalue weighted by molar-refractivity contribution is 7.89. The monoisotopic (exact) mass is 370 g/mol. The van der Waals surface area contributed by atoms with E-state index in [1.54, 1.807) is 6.92 Å². The molecule has 0 radical (unpaired) electrons. The Hall–Kier alpha value is -2.23. The molecule has 3 N–H and O–H groups in total. The SMILES string of the molecule is C=CCOCC(NC(=O)Cc1ccc(S(=O)(=O)NCC)cc1)C(=O)O. The van der Waals surface area contributed by atoms with E-state index >= 15 is 0 Å². The predicted molar refractivity (Wildman–Crippen MR) is 91.6 cm³/mol. The Morgan fingerprint density at radius 1 is 1.32 bits per heavy atom. The van der Waals surface area contributed by atoms with Crippen LogP contribution < -0.4 is 10.0 Å². The fraction of sp³-hybridized carbons (Fsp3) is 0.375. The van der Waals surface area contributed by atoms with Gasteiger partial charge in [-0.3, -0.25) is 4.79 Å². The second-order valence-electron chi connectivity index (χ2n) is 5.11. The summed E-state index contributed by atoms with van der Waals surface area (Å²) >= 11 is 0. The lowest BCUT2D eigenvalue weighted by molar-refractivity contribution is -0.143. The van der Waals surface area contributed by atoms with Crippen molar-refractivity contribution in [3.8, 4) is 0 Å². The number of hydrogen-bond donors (Lipinski definition) is 3. The molecule has 8 nitrogen and oxygen atoms in total. The molecular weight excluding hydrogens is 348 g/mol. The van der Waals surface area contributed by atoms with E-state index in [-0.39, 0.29) is 31.1 Å². The van der Waals surface area contributed by atoms with Crippen molar-refractivity contribution in [3.63, 3.8) is 0 Å². The number of rotatable bonds is 11. The van der Waals surface area contributed by atoms with Gasteiger partial charge in [-0.2, -0.15) is 0 Å². The predicted octanol–water partition coefficient (Wildman–Crippen LogP) is 0.299. The second-order valence-corrected chi connectivity index (χ2v) is 6.87. The molecule has 0 saturated heterocycles. The number of ether oxygens (including phenoxy) is 1. The highest BCUT2D eigenvalue weighted by Gasteiger charge is 2.20. The quantitative estimate of drug-likeness (QED) is 0.380. The molecule has 1 amide bonds. The largest absolute Gasteiger partial charge is 0.480 e. The molecular formula is C16H22N2O6S. The zero-order valence-electron chi connectivity index (χ0n) is 13.9. The highest BCUT2D eigenvalue weighted by Crippen LogP contribution is 2.11. The molecule has 0 aliphatic rings. The summed E-state index contributed by atoms with van der Waals surface area (Å²) in [5.41, 5.74) is 0.559. The van der Waals surface area contributed by atoms with E-state index in [0.717, 1.165) is 0 Å². The van der Waals surface area contributed by atoms with Crippen molar-refractivity contribution in [2.24, 2.45) is 0 Å². The minimum Gasteiger partial charge on any atom is -0.480 e. The van der Waals surface area contributed by atoms with Crippen molar-refractivity contribution in [1.29, 1.82) is 0 Å². The molecule has 0 aliphatic carbocycles. The Bertz CT molecular complexity index is 700. The highest BCUT2D eigenvalue weighted by atomic mass is 32.2. The van der Waals surface area contributed by atoms with Gasteiger partial charge >= 0.3 is 5.97 Å². The van der Waals surface area contributed by atoms with Gasteiger partial charge in [-0.1, -0.05) is 25.1 Å². The number of amides is 1. The summed E-state index contributed by atoms with van der Waals surface area (Å²) in [6.07, 6.45) is 1.40. The number of nitrogens with one attached hydrogen (secondary N) is 2. The lowest BCUT2D eigenvalue weighted by Crippen LogP contribution is -2.44. The van der Waals surface area contributed by atoms with Crippen LogP contribution in [0.15, 0.2) is 41.8 Å². The Labute approximate surface area is 146 Å². The smallest absolute Gasteiger partial charge is 0.328 e. The lowest BCUT2D eigenvalue weighted by Gasteiger charge is -2.14. The van der Waals surface area contributed by atoms with Crippen molar-refractivity contribution < 1.29 is 27.9 Å². The number of carbonyl (C=O) groups is 2. The molecule has 1 atom stereocenters. The minimum atomic E-state index is -3.55. The number of sulfonamides is 1. The molecule has 25 heavy (non-hydrogen) atoms. The summed E-state index contributed by atoms with van der Waals surface area (Å²) in [5, 5.41) is 11.4. The standard InChI is InChI=1S/C16H22N2O6S/c1-3-9-24-11-14(16(20)21)18-15(19)10-12-5-7-13(8-6-12)25(22,23)17-4-2/h3,5-8,14,17H,1,4,9-11H2,2H3,(H,18,19)(H,20,21). The summed E-state index contributed by atoms with van der Waals surface area (Å²) in [5.74, 6) is -1.71. The third-order valence-electron chi connectivity index (χ3n) is 3.09. The Kier molecular flexibility index (Phi) is 8.26.